The maximum atomic E-state index is 17.2. The van der Waals surface area contributed by atoms with Gasteiger partial charge in [-0.1, -0.05) is 25.5 Å². The van der Waals surface area contributed by atoms with Gasteiger partial charge in [0, 0.05) is 29.9 Å². The lowest BCUT2D eigenvalue weighted by Crippen LogP contribution is -2.69. The highest BCUT2D eigenvalue weighted by molar-refractivity contribution is 6.01. The Morgan fingerprint density at radius 2 is 1.90 bits per heavy atom. The average Bonchev–Trinajstić information content (AvgIpc) is 3.12. The Balaban J connectivity index is 1.41. The molecule has 1 amide bonds. The Labute approximate surface area is 239 Å². The number of halogens is 1. The fourth-order valence-electron chi connectivity index (χ4n) is 8.20. The molecule has 0 bridgehead atoms. The summed E-state index contributed by atoms with van der Waals surface area (Å²) in [4.78, 5) is 49.4. The molecule has 3 fully saturated rings. The summed E-state index contributed by atoms with van der Waals surface area (Å²) in [5.41, 5.74) is -5.78. The minimum atomic E-state index is -2.09. The predicted octanol–water partition coefficient (Wildman–Crippen LogP) is 2.34. The third-order valence-corrected chi connectivity index (χ3v) is 10.4. The van der Waals surface area contributed by atoms with Crippen LogP contribution in [-0.2, 0) is 23.9 Å². The Morgan fingerprint density at radius 3 is 2.61 bits per heavy atom. The molecule has 0 aliphatic heterocycles. The summed E-state index contributed by atoms with van der Waals surface area (Å²) in [5.74, 6) is -3.00. The first-order valence-corrected chi connectivity index (χ1v) is 14.5. The number of alkyl halides is 1. The van der Waals surface area contributed by atoms with E-state index in [0.717, 1.165) is 0 Å². The number of aliphatic hydroxyl groups excluding tert-OH is 2. The molecule has 4 aliphatic carbocycles. The zero-order chi connectivity index (χ0) is 30.2. The number of ether oxygens (including phenoxy) is 2. The first-order valence-electron chi connectivity index (χ1n) is 14.5. The van der Waals surface area contributed by atoms with Crippen LogP contribution in [0.1, 0.15) is 65.7 Å². The molecule has 0 aromatic rings. The highest BCUT2D eigenvalue weighted by atomic mass is 19.1. The van der Waals surface area contributed by atoms with E-state index in [0.29, 0.717) is 44.2 Å². The van der Waals surface area contributed by atoms with Gasteiger partial charge in [-0.05, 0) is 69.4 Å². The van der Waals surface area contributed by atoms with E-state index in [9.17, 15) is 29.4 Å². The SMILES string of the molecule is C[C@H]1C[C@@H]2[C@H]3CCC4=CC(=O)C=C[C@@]4(C)[C@]3(F)[C@H](O)C[C@@]2(C)[C@]1(O)C(=O)COC(=O)OCCC(=O)NCCCCO. The van der Waals surface area contributed by atoms with Gasteiger partial charge in [0.2, 0.25) is 11.7 Å². The van der Waals surface area contributed by atoms with Gasteiger partial charge in [-0.15, -0.1) is 0 Å². The topological polar surface area (TPSA) is 159 Å². The fraction of sp³-hybridized carbons (Fsp3) is 0.733. The molecule has 228 valence electrons. The van der Waals surface area contributed by atoms with Gasteiger partial charge in [-0.2, -0.15) is 0 Å². The number of hydrogen-bond donors (Lipinski definition) is 4. The minimum absolute atomic E-state index is 0.0354. The van der Waals surface area contributed by atoms with Gasteiger partial charge in [0.15, 0.2) is 18.1 Å². The van der Waals surface area contributed by atoms with Crippen molar-refractivity contribution < 1.29 is 48.4 Å². The van der Waals surface area contributed by atoms with Crippen molar-refractivity contribution in [2.45, 2.75) is 83.1 Å². The molecule has 0 spiro atoms. The minimum Gasteiger partial charge on any atom is -0.434 e. The molecule has 0 radical (unpaired) electrons. The van der Waals surface area contributed by atoms with E-state index in [1.165, 1.54) is 12.2 Å². The van der Waals surface area contributed by atoms with Crippen LogP contribution in [0.4, 0.5) is 9.18 Å². The first kappa shape index (κ1) is 31.3. The van der Waals surface area contributed by atoms with Crippen LogP contribution in [0.2, 0.25) is 0 Å². The van der Waals surface area contributed by atoms with E-state index in [1.54, 1.807) is 26.8 Å². The van der Waals surface area contributed by atoms with Crippen molar-refractivity contribution in [3.8, 4) is 0 Å². The zero-order valence-electron chi connectivity index (χ0n) is 24.0. The number of unbranched alkanes of at least 4 members (excludes halogenated alkanes) is 1. The Kier molecular flexibility index (Phi) is 8.83. The maximum absolute atomic E-state index is 17.2. The van der Waals surface area contributed by atoms with Crippen LogP contribution in [0.25, 0.3) is 0 Å². The monoisotopic (exact) mass is 579 g/mol. The average molecular weight is 580 g/mol. The van der Waals surface area contributed by atoms with Crippen molar-refractivity contribution in [1.82, 2.24) is 5.32 Å². The summed E-state index contributed by atoms with van der Waals surface area (Å²) in [6.45, 7) is 4.51. The predicted molar refractivity (Wildman–Crippen MR) is 144 cm³/mol. The van der Waals surface area contributed by atoms with Gasteiger partial charge in [0.25, 0.3) is 0 Å². The number of aliphatic hydroxyl groups is 3. The Morgan fingerprint density at radius 1 is 1.17 bits per heavy atom. The van der Waals surface area contributed by atoms with Gasteiger partial charge in [-0.25, -0.2) is 9.18 Å². The molecule has 4 rings (SSSR count). The molecule has 0 aromatic heterocycles. The lowest BCUT2D eigenvalue weighted by atomic mass is 9.44. The van der Waals surface area contributed by atoms with Crippen LogP contribution >= 0.6 is 0 Å². The van der Waals surface area contributed by atoms with Crippen LogP contribution in [0.5, 0.6) is 0 Å². The summed E-state index contributed by atoms with van der Waals surface area (Å²) in [5, 5.41) is 34.7. The van der Waals surface area contributed by atoms with Gasteiger partial charge in [-0.3, -0.25) is 14.4 Å². The summed E-state index contributed by atoms with van der Waals surface area (Å²) in [7, 11) is 0. The number of allylic oxidation sites excluding steroid dienone is 4. The first-order chi connectivity index (χ1) is 19.3. The molecular weight excluding hydrogens is 537 g/mol. The summed E-state index contributed by atoms with van der Waals surface area (Å²) >= 11 is 0. The van der Waals surface area contributed by atoms with E-state index in [1.807, 2.05) is 0 Å². The molecular formula is C30H42FNO9. The number of carbonyl (C=O) groups is 4. The number of carbonyl (C=O) groups excluding carboxylic acids is 4. The molecule has 8 atom stereocenters. The maximum Gasteiger partial charge on any atom is 0.508 e. The lowest BCUT2D eigenvalue weighted by molar-refractivity contribution is -0.219. The molecule has 0 saturated heterocycles. The summed E-state index contributed by atoms with van der Waals surface area (Å²) in [6, 6.07) is 0. The van der Waals surface area contributed by atoms with E-state index in [4.69, 9.17) is 14.6 Å². The van der Waals surface area contributed by atoms with Crippen molar-refractivity contribution in [3.05, 3.63) is 23.8 Å². The quantitative estimate of drug-likeness (QED) is 0.225. The Hall–Kier alpha value is -2.63. The third kappa shape index (κ3) is 5.03. The van der Waals surface area contributed by atoms with Crippen LogP contribution in [0, 0.1) is 28.6 Å². The van der Waals surface area contributed by atoms with Crippen LogP contribution in [-0.4, -0.2) is 82.7 Å². The molecule has 11 heteroatoms. The van der Waals surface area contributed by atoms with Crippen molar-refractivity contribution >= 4 is 23.6 Å². The number of nitrogens with one attached hydrogen (secondary N) is 1. The highest BCUT2D eigenvalue weighted by Gasteiger charge is 2.75. The summed E-state index contributed by atoms with van der Waals surface area (Å²) < 4.78 is 27.1. The molecule has 4 aliphatic rings. The van der Waals surface area contributed by atoms with Crippen molar-refractivity contribution in [1.29, 1.82) is 0 Å². The van der Waals surface area contributed by atoms with E-state index in [2.05, 4.69) is 5.32 Å². The van der Waals surface area contributed by atoms with Gasteiger partial charge in [0.05, 0.1) is 12.5 Å². The van der Waals surface area contributed by atoms with E-state index < -0.39 is 64.5 Å². The van der Waals surface area contributed by atoms with Crippen LogP contribution < -0.4 is 5.32 Å². The van der Waals surface area contributed by atoms with Crippen molar-refractivity contribution in [3.63, 3.8) is 0 Å². The van der Waals surface area contributed by atoms with Crippen molar-refractivity contribution in [2.24, 2.45) is 28.6 Å². The van der Waals surface area contributed by atoms with Crippen molar-refractivity contribution in [2.75, 3.05) is 26.4 Å². The smallest absolute Gasteiger partial charge is 0.434 e. The normalized spacial score (nSPS) is 39.2. The molecule has 0 aromatic carbocycles. The lowest BCUT2D eigenvalue weighted by Gasteiger charge is -2.62. The van der Waals surface area contributed by atoms with E-state index in [-0.39, 0.29) is 37.7 Å². The van der Waals surface area contributed by atoms with Crippen LogP contribution in [0.3, 0.4) is 0 Å². The third-order valence-electron chi connectivity index (χ3n) is 10.4. The van der Waals surface area contributed by atoms with Gasteiger partial charge in [0.1, 0.15) is 12.2 Å². The van der Waals surface area contributed by atoms with Crippen LogP contribution in [0.15, 0.2) is 23.8 Å². The van der Waals surface area contributed by atoms with E-state index >= 15 is 4.39 Å². The second-order valence-electron chi connectivity index (χ2n) is 12.5. The molecule has 4 N–H and O–H groups in total. The molecule has 0 heterocycles. The molecule has 41 heavy (non-hydrogen) atoms. The largest absolute Gasteiger partial charge is 0.508 e. The highest BCUT2D eigenvalue weighted by Crippen LogP contribution is 2.70. The van der Waals surface area contributed by atoms with Gasteiger partial charge >= 0.3 is 6.16 Å². The number of fused-ring (bicyclic) bond motifs is 5. The second kappa shape index (κ2) is 11.6. The standard InChI is InChI=1S/C30H42FNO9/c1-18-14-22-21-7-6-19-15-20(34)8-10-27(19,2)29(21,31)23(35)16-28(22,3)30(18,39)24(36)17-41-26(38)40-13-9-25(37)32-11-4-5-12-33/h8,10,15,18,21-23,33,35,39H,4-7,9,11-14,16-17H2,1-3H3,(H,32,37)/t18-,21+,22+,23+,27+,28+,29+,30+/m0/s1. The number of ketones is 2. The number of Topliss-reactive ketones (excluding diaryl/α,β-unsaturated/α-hetero) is 1. The second-order valence-corrected chi connectivity index (χ2v) is 12.5. The number of amides is 1. The fourth-order valence-corrected chi connectivity index (χ4v) is 8.20. The molecule has 10 nitrogen and oxygen atoms in total. The zero-order valence-corrected chi connectivity index (χ0v) is 24.0. The Bertz CT molecular complexity index is 1140. The molecule has 3 saturated carbocycles. The summed E-state index contributed by atoms with van der Waals surface area (Å²) in [6.07, 6.45) is 3.76. The molecule has 0 unspecified atom stereocenters. The number of rotatable bonds is 10. The van der Waals surface area contributed by atoms with Gasteiger partial charge < -0.3 is 30.1 Å². The number of hydrogen-bond acceptors (Lipinski definition) is 9.